The third-order valence-corrected chi connectivity index (χ3v) is 4.44. The zero-order valence-corrected chi connectivity index (χ0v) is 15.3. The molecule has 0 aliphatic carbocycles. The lowest BCUT2D eigenvalue weighted by atomic mass is 10.3. The maximum absolute atomic E-state index is 12.0. The van der Waals surface area contributed by atoms with E-state index in [2.05, 4.69) is 26.2 Å². The molecule has 2 N–H and O–H groups in total. The number of carbonyl (C=O) groups is 1. The van der Waals surface area contributed by atoms with Crippen LogP contribution in [0.1, 0.15) is 0 Å². The highest BCUT2D eigenvalue weighted by atomic mass is 79.9. The SMILES string of the molecule is COCCn1c(SCC(=O)Nc2ccc(Br)cc2)nc(O)cc1=O. The summed E-state index contributed by atoms with van der Waals surface area (Å²) >= 11 is 4.40. The Balaban J connectivity index is 2.03. The summed E-state index contributed by atoms with van der Waals surface area (Å²) in [5, 5.41) is 12.5. The predicted molar refractivity (Wildman–Crippen MR) is 95.5 cm³/mol. The first kappa shape index (κ1) is 18.5. The normalized spacial score (nSPS) is 10.6. The molecule has 1 heterocycles. The number of ether oxygens (including phenoxy) is 1. The number of halogens is 1. The first-order valence-electron chi connectivity index (χ1n) is 6.97. The molecule has 0 radical (unpaired) electrons. The summed E-state index contributed by atoms with van der Waals surface area (Å²) in [6, 6.07) is 8.22. The highest BCUT2D eigenvalue weighted by Crippen LogP contribution is 2.18. The van der Waals surface area contributed by atoms with Crippen molar-refractivity contribution in [2.45, 2.75) is 11.7 Å². The second-order valence-electron chi connectivity index (χ2n) is 4.72. The van der Waals surface area contributed by atoms with Crippen LogP contribution in [0.5, 0.6) is 5.88 Å². The number of nitrogens with zero attached hydrogens (tertiary/aromatic N) is 2. The molecule has 0 unspecified atom stereocenters. The Labute approximate surface area is 151 Å². The van der Waals surface area contributed by atoms with Gasteiger partial charge in [0.25, 0.3) is 5.56 Å². The third kappa shape index (κ3) is 5.36. The molecule has 1 aromatic carbocycles. The van der Waals surface area contributed by atoms with E-state index in [0.717, 1.165) is 22.3 Å². The van der Waals surface area contributed by atoms with Crippen LogP contribution in [0.3, 0.4) is 0 Å². The minimum absolute atomic E-state index is 0.0545. The van der Waals surface area contributed by atoms with Crippen molar-refractivity contribution in [3.05, 3.63) is 45.2 Å². The molecule has 24 heavy (non-hydrogen) atoms. The van der Waals surface area contributed by atoms with Gasteiger partial charge >= 0.3 is 0 Å². The van der Waals surface area contributed by atoms with Crippen LogP contribution in [-0.2, 0) is 16.1 Å². The molecule has 0 spiro atoms. The van der Waals surface area contributed by atoms with Gasteiger partial charge in [-0.25, -0.2) is 0 Å². The molecule has 9 heteroatoms. The summed E-state index contributed by atoms with van der Waals surface area (Å²) in [4.78, 5) is 27.9. The van der Waals surface area contributed by atoms with Crippen molar-refractivity contribution in [1.29, 1.82) is 0 Å². The van der Waals surface area contributed by atoms with Gasteiger partial charge in [-0.15, -0.1) is 0 Å². The minimum atomic E-state index is -0.393. The van der Waals surface area contributed by atoms with Gasteiger partial charge in [-0.1, -0.05) is 27.7 Å². The Bertz CT molecular complexity index is 764. The highest BCUT2D eigenvalue weighted by Gasteiger charge is 2.11. The largest absolute Gasteiger partial charge is 0.493 e. The smallest absolute Gasteiger partial charge is 0.258 e. The Hall–Kier alpha value is -1.84. The molecule has 7 nitrogen and oxygen atoms in total. The molecule has 2 rings (SSSR count). The first-order chi connectivity index (χ1) is 11.5. The van der Waals surface area contributed by atoms with E-state index in [1.807, 2.05) is 12.1 Å². The summed E-state index contributed by atoms with van der Waals surface area (Å²) in [7, 11) is 1.53. The molecule has 0 fully saturated rings. The number of amides is 1. The van der Waals surface area contributed by atoms with Crippen LogP contribution in [0.2, 0.25) is 0 Å². The van der Waals surface area contributed by atoms with Gasteiger partial charge in [-0.05, 0) is 24.3 Å². The van der Waals surface area contributed by atoms with Gasteiger partial charge in [-0.2, -0.15) is 4.98 Å². The summed E-state index contributed by atoms with van der Waals surface area (Å²) in [5.41, 5.74) is 0.278. The molecule has 0 bridgehead atoms. The zero-order valence-electron chi connectivity index (χ0n) is 12.9. The van der Waals surface area contributed by atoms with E-state index in [1.165, 1.54) is 11.7 Å². The number of benzene rings is 1. The summed E-state index contributed by atoms with van der Waals surface area (Å²) in [5.74, 6) is -0.554. The highest BCUT2D eigenvalue weighted by molar-refractivity contribution is 9.10. The number of aromatic hydroxyl groups is 1. The lowest BCUT2D eigenvalue weighted by molar-refractivity contribution is -0.113. The van der Waals surface area contributed by atoms with Crippen molar-refractivity contribution in [2.24, 2.45) is 0 Å². The van der Waals surface area contributed by atoms with Gasteiger partial charge in [0.05, 0.1) is 25.0 Å². The molecule has 2 aromatic rings. The van der Waals surface area contributed by atoms with Crippen molar-refractivity contribution >= 4 is 39.3 Å². The van der Waals surface area contributed by atoms with Crippen LogP contribution in [-0.4, -0.2) is 40.0 Å². The van der Waals surface area contributed by atoms with Crippen LogP contribution in [0.15, 0.2) is 44.8 Å². The lowest BCUT2D eigenvalue weighted by Gasteiger charge is -2.11. The van der Waals surface area contributed by atoms with E-state index in [0.29, 0.717) is 18.8 Å². The minimum Gasteiger partial charge on any atom is -0.493 e. The molecule has 0 aliphatic heterocycles. The van der Waals surface area contributed by atoms with E-state index < -0.39 is 5.56 Å². The second-order valence-corrected chi connectivity index (χ2v) is 6.58. The van der Waals surface area contributed by atoms with Crippen molar-refractivity contribution in [1.82, 2.24) is 9.55 Å². The summed E-state index contributed by atoms with van der Waals surface area (Å²) < 4.78 is 7.24. The van der Waals surface area contributed by atoms with Gasteiger partial charge in [0, 0.05) is 17.3 Å². The predicted octanol–water partition coefficient (Wildman–Crippen LogP) is 2.09. The third-order valence-electron chi connectivity index (χ3n) is 2.94. The van der Waals surface area contributed by atoms with E-state index in [-0.39, 0.29) is 22.7 Å². The summed E-state index contributed by atoms with van der Waals surface area (Å²) in [6.45, 7) is 0.615. The van der Waals surface area contributed by atoms with Crippen LogP contribution in [0, 0.1) is 0 Å². The maximum Gasteiger partial charge on any atom is 0.258 e. The van der Waals surface area contributed by atoms with Gasteiger partial charge in [0.2, 0.25) is 11.8 Å². The van der Waals surface area contributed by atoms with Crippen molar-refractivity contribution in [2.75, 3.05) is 24.8 Å². The molecular formula is C15H16BrN3O4S. The average molecular weight is 414 g/mol. The standard InChI is InChI=1S/C15H16BrN3O4S/c1-23-7-6-19-14(22)8-12(20)18-15(19)24-9-13(21)17-11-4-2-10(16)3-5-11/h2-5,8,20H,6-7,9H2,1H3,(H,17,21). The number of methoxy groups -OCH3 is 1. The molecule has 1 amide bonds. The fourth-order valence-corrected chi connectivity index (χ4v) is 2.92. The molecule has 0 saturated heterocycles. The van der Waals surface area contributed by atoms with Gasteiger partial charge in [0.1, 0.15) is 0 Å². The Morgan fingerprint density at radius 1 is 1.42 bits per heavy atom. The van der Waals surface area contributed by atoms with Crippen molar-refractivity contribution in [3.63, 3.8) is 0 Å². The number of hydrogen-bond acceptors (Lipinski definition) is 6. The number of carbonyl (C=O) groups excluding carboxylic acids is 1. The average Bonchev–Trinajstić information content (AvgIpc) is 2.54. The van der Waals surface area contributed by atoms with E-state index >= 15 is 0 Å². The zero-order chi connectivity index (χ0) is 17.5. The monoisotopic (exact) mass is 413 g/mol. The summed E-state index contributed by atoms with van der Waals surface area (Å²) in [6.07, 6.45) is 0. The van der Waals surface area contributed by atoms with Crippen LogP contribution >= 0.6 is 27.7 Å². The molecule has 128 valence electrons. The molecule has 0 aliphatic rings. The Kier molecular flexibility index (Phi) is 6.83. The van der Waals surface area contributed by atoms with Crippen LogP contribution in [0.25, 0.3) is 0 Å². The number of anilines is 1. The van der Waals surface area contributed by atoms with Gasteiger partial charge < -0.3 is 15.2 Å². The molecule has 1 aromatic heterocycles. The van der Waals surface area contributed by atoms with Crippen molar-refractivity contribution < 1.29 is 14.6 Å². The Morgan fingerprint density at radius 2 is 2.12 bits per heavy atom. The number of nitrogens with one attached hydrogen (secondary N) is 1. The second kappa shape index (κ2) is 8.86. The maximum atomic E-state index is 12.0. The number of hydrogen-bond donors (Lipinski definition) is 2. The van der Waals surface area contributed by atoms with E-state index in [1.54, 1.807) is 12.1 Å². The molecular weight excluding hydrogens is 398 g/mol. The van der Waals surface area contributed by atoms with Crippen molar-refractivity contribution in [3.8, 4) is 5.88 Å². The number of aromatic nitrogens is 2. The van der Waals surface area contributed by atoms with Crippen LogP contribution in [0.4, 0.5) is 5.69 Å². The van der Waals surface area contributed by atoms with Crippen LogP contribution < -0.4 is 10.9 Å². The topological polar surface area (TPSA) is 93.4 Å². The number of thioether (sulfide) groups is 1. The fraction of sp³-hybridized carbons (Fsp3) is 0.267. The fourth-order valence-electron chi connectivity index (χ4n) is 1.83. The molecule has 0 saturated carbocycles. The molecule has 0 atom stereocenters. The van der Waals surface area contributed by atoms with E-state index in [9.17, 15) is 14.7 Å². The first-order valence-corrected chi connectivity index (χ1v) is 8.75. The lowest BCUT2D eigenvalue weighted by Crippen LogP contribution is -2.24. The quantitative estimate of drug-likeness (QED) is 0.533. The van der Waals surface area contributed by atoms with Gasteiger partial charge in [-0.3, -0.25) is 14.2 Å². The number of rotatable bonds is 7. The van der Waals surface area contributed by atoms with Gasteiger partial charge in [0.15, 0.2) is 5.16 Å². The Morgan fingerprint density at radius 3 is 2.79 bits per heavy atom. The van der Waals surface area contributed by atoms with E-state index in [4.69, 9.17) is 4.74 Å².